The molecule has 82 valence electrons. The van der Waals surface area contributed by atoms with Crippen LogP contribution in [0.2, 0.25) is 0 Å². The Balaban J connectivity index is 2.84. The molecule has 1 atom stereocenters. The minimum atomic E-state index is 0.230. The summed E-state index contributed by atoms with van der Waals surface area (Å²) >= 11 is 0. The Morgan fingerprint density at radius 1 is 1.07 bits per heavy atom. The van der Waals surface area contributed by atoms with Gasteiger partial charge in [-0.05, 0) is 19.7 Å². The quantitative estimate of drug-likeness (QED) is 0.551. The molecule has 0 aliphatic rings. The smallest absolute Gasteiger partial charge is 0.0718 e. The largest absolute Gasteiger partial charge is 0.303 e. The van der Waals surface area contributed by atoms with Crippen molar-refractivity contribution >= 4 is 6.21 Å². The molecule has 3 heteroatoms. The lowest BCUT2D eigenvalue weighted by atomic mass is 10.1. The number of hydrazone groups is 1. The Labute approximate surface area is 92.0 Å². The molecule has 0 aromatic heterocycles. The summed E-state index contributed by atoms with van der Waals surface area (Å²) < 4.78 is 0. The molecule has 0 spiro atoms. The molecule has 0 saturated heterocycles. The van der Waals surface area contributed by atoms with Crippen LogP contribution in [-0.4, -0.2) is 44.3 Å². The molecular formula is C12H19N3. The highest BCUT2D eigenvalue weighted by Gasteiger charge is 2.10. The molecule has 0 bridgehead atoms. The van der Waals surface area contributed by atoms with Gasteiger partial charge in [-0.1, -0.05) is 30.3 Å². The van der Waals surface area contributed by atoms with Gasteiger partial charge in [-0.2, -0.15) is 5.10 Å². The van der Waals surface area contributed by atoms with Gasteiger partial charge in [0.1, 0.15) is 0 Å². The van der Waals surface area contributed by atoms with Crippen molar-refractivity contribution in [1.29, 1.82) is 0 Å². The summed E-state index contributed by atoms with van der Waals surface area (Å²) in [4.78, 5) is 2.14. The molecule has 1 rings (SSSR count). The van der Waals surface area contributed by atoms with Crippen LogP contribution in [0.25, 0.3) is 0 Å². The van der Waals surface area contributed by atoms with Crippen molar-refractivity contribution in [1.82, 2.24) is 9.91 Å². The second-order valence-electron chi connectivity index (χ2n) is 3.93. The third-order valence-corrected chi connectivity index (χ3v) is 2.14. The highest BCUT2D eigenvalue weighted by atomic mass is 15.4. The minimum Gasteiger partial charge on any atom is -0.303 e. The zero-order chi connectivity index (χ0) is 11.3. The molecule has 0 fully saturated rings. The number of hydrogen-bond donors (Lipinski definition) is 0. The molecule has 0 N–H and O–H groups in total. The fraction of sp³-hybridized carbons (Fsp3) is 0.417. The van der Waals surface area contributed by atoms with Crippen LogP contribution in [0.1, 0.15) is 11.6 Å². The predicted molar refractivity (Wildman–Crippen MR) is 65.0 cm³/mol. The van der Waals surface area contributed by atoms with E-state index in [2.05, 4.69) is 48.4 Å². The van der Waals surface area contributed by atoms with E-state index in [1.165, 1.54) is 5.56 Å². The maximum absolute atomic E-state index is 4.29. The van der Waals surface area contributed by atoms with E-state index < -0.39 is 0 Å². The van der Waals surface area contributed by atoms with Gasteiger partial charge in [0.15, 0.2) is 0 Å². The lowest BCUT2D eigenvalue weighted by Crippen LogP contribution is -2.22. The number of rotatable bonds is 4. The molecule has 0 heterocycles. The van der Waals surface area contributed by atoms with Gasteiger partial charge in [0.25, 0.3) is 0 Å². The molecular weight excluding hydrogens is 186 g/mol. The van der Waals surface area contributed by atoms with Gasteiger partial charge in [0, 0.05) is 20.3 Å². The maximum atomic E-state index is 4.29. The molecule has 0 saturated carbocycles. The highest BCUT2D eigenvalue weighted by molar-refractivity contribution is 5.66. The molecule has 0 radical (unpaired) electrons. The van der Waals surface area contributed by atoms with Gasteiger partial charge < -0.3 is 5.01 Å². The summed E-state index contributed by atoms with van der Waals surface area (Å²) in [6.45, 7) is 0. The van der Waals surface area contributed by atoms with Crippen molar-refractivity contribution < 1.29 is 0 Å². The molecule has 15 heavy (non-hydrogen) atoms. The zero-order valence-electron chi connectivity index (χ0n) is 9.88. The number of hydrogen-bond acceptors (Lipinski definition) is 3. The summed E-state index contributed by atoms with van der Waals surface area (Å²) in [5, 5.41) is 6.09. The van der Waals surface area contributed by atoms with Gasteiger partial charge in [-0.25, -0.2) is 0 Å². The third-order valence-electron chi connectivity index (χ3n) is 2.14. The molecule has 0 amide bonds. The fourth-order valence-corrected chi connectivity index (χ4v) is 1.36. The number of benzene rings is 1. The van der Waals surface area contributed by atoms with Crippen molar-refractivity contribution in [3.05, 3.63) is 35.9 Å². The van der Waals surface area contributed by atoms with Crippen LogP contribution in [0, 0.1) is 0 Å². The van der Waals surface area contributed by atoms with Crippen LogP contribution in [0.3, 0.4) is 0 Å². The summed E-state index contributed by atoms with van der Waals surface area (Å²) in [5.74, 6) is 0. The van der Waals surface area contributed by atoms with Crippen molar-refractivity contribution in [2.45, 2.75) is 6.04 Å². The van der Waals surface area contributed by atoms with E-state index in [9.17, 15) is 0 Å². The first-order chi connectivity index (χ1) is 7.11. The van der Waals surface area contributed by atoms with Crippen LogP contribution in [0.4, 0.5) is 0 Å². The van der Waals surface area contributed by atoms with E-state index in [-0.39, 0.29) is 6.04 Å². The maximum Gasteiger partial charge on any atom is 0.0718 e. The first kappa shape index (κ1) is 11.7. The second-order valence-corrected chi connectivity index (χ2v) is 3.93. The average Bonchev–Trinajstić information content (AvgIpc) is 2.18. The molecule has 3 nitrogen and oxygen atoms in total. The molecule has 0 aliphatic carbocycles. The van der Waals surface area contributed by atoms with Crippen molar-refractivity contribution in [3.8, 4) is 0 Å². The first-order valence-corrected chi connectivity index (χ1v) is 5.04. The Morgan fingerprint density at radius 3 is 2.13 bits per heavy atom. The van der Waals surface area contributed by atoms with Crippen LogP contribution in [0.5, 0.6) is 0 Å². The van der Waals surface area contributed by atoms with E-state index >= 15 is 0 Å². The summed E-state index contributed by atoms with van der Waals surface area (Å²) in [6.07, 6.45) is 1.95. The van der Waals surface area contributed by atoms with Crippen LogP contribution < -0.4 is 0 Å². The normalized spacial score (nSPS) is 13.4. The molecule has 0 aliphatic heterocycles. The van der Waals surface area contributed by atoms with E-state index in [0.717, 1.165) is 0 Å². The number of nitrogens with zero attached hydrogens (tertiary/aromatic N) is 3. The van der Waals surface area contributed by atoms with Crippen molar-refractivity contribution in [3.63, 3.8) is 0 Å². The fourth-order valence-electron chi connectivity index (χ4n) is 1.36. The Hall–Kier alpha value is -1.35. The van der Waals surface area contributed by atoms with Gasteiger partial charge in [-0.15, -0.1) is 0 Å². The van der Waals surface area contributed by atoms with E-state index in [1.54, 1.807) is 5.01 Å². The summed E-state index contributed by atoms with van der Waals surface area (Å²) in [5.41, 5.74) is 1.26. The van der Waals surface area contributed by atoms with Gasteiger partial charge >= 0.3 is 0 Å². The predicted octanol–water partition coefficient (Wildman–Crippen LogP) is 1.84. The minimum absolute atomic E-state index is 0.230. The Bertz CT molecular complexity index is 304. The van der Waals surface area contributed by atoms with Gasteiger partial charge in [0.2, 0.25) is 0 Å². The van der Waals surface area contributed by atoms with Gasteiger partial charge in [0.05, 0.1) is 6.04 Å². The lowest BCUT2D eigenvalue weighted by Gasteiger charge is -2.21. The molecule has 1 unspecified atom stereocenters. The lowest BCUT2D eigenvalue weighted by molar-refractivity contribution is 0.365. The third kappa shape index (κ3) is 3.72. The second kappa shape index (κ2) is 5.51. The SMILES string of the molecule is CN(C)N=CC(c1ccccc1)N(C)C. The van der Waals surface area contributed by atoms with Crippen LogP contribution in [-0.2, 0) is 0 Å². The summed E-state index contributed by atoms with van der Waals surface area (Å²) in [7, 11) is 7.96. The highest BCUT2D eigenvalue weighted by Crippen LogP contribution is 2.15. The van der Waals surface area contributed by atoms with Crippen LogP contribution in [0.15, 0.2) is 35.4 Å². The standard InChI is InChI=1S/C12H19N3/c1-14(2)12(10-13-15(3)4)11-8-6-5-7-9-11/h5-10,12H,1-4H3. The summed E-state index contributed by atoms with van der Waals surface area (Å²) in [6, 6.07) is 10.6. The zero-order valence-corrected chi connectivity index (χ0v) is 9.88. The van der Waals surface area contributed by atoms with E-state index in [0.29, 0.717) is 0 Å². The van der Waals surface area contributed by atoms with E-state index in [1.807, 2.05) is 26.4 Å². The van der Waals surface area contributed by atoms with Crippen molar-refractivity contribution in [2.24, 2.45) is 5.10 Å². The van der Waals surface area contributed by atoms with Crippen molar-refractivity contribution in [2.75, 3.05) is 28.2 Å². The van der Waals surface area contributed by atoms with Gasteiger partial charge in [-0.3, -0.25) is 4.90 Å². The Kier molecular flexibility index (Phi) is 4.31. The van der Waals surface area contributed by atoms with E-state index in [4.69, 9.17) is 0 Å². The Morgan fingerprint density at radius 2 is 1.67 bits per heavy atom. The monoisotopic (exact) mass is 205 g/mol. The first-order valence-electron chi connectivity index (χ1n) is 5.04. The average molecular weight is 205 g/mol. The molecule has 1 aromatic carbocycles. The van der Waals surface area contributed by atoms with Crippen LogP contribution >= 0.6 is 0 Å². The molecule has 1 aromatic rings. The topological polar surface area (TPSA) is 18.8 Å².